The Balaban J connectivity index is 1.93. The zero-order valence-electron chi connectivity index (χ0n) is 11.3. The molecule has 104 valence electrons. The molecule has 1 aliphatic heterocycles. The van der Waals surface area contributed by atoms with E-state index in [0.717, 1.165) is 43.7 Å². The van der Waals surface area contributed by atoms with Gasteiger partial charge in [0.2, 0.25) is 0 Å². The van der Waals surface area contributed by atoms with E-state index in [4.69, 9.17) is 4.74 Å². The van der Waals surface area contributed by atoms with Crippen LogP contribution >= 0.6 is 0 Å². The SMILES string of the molecule is Cc1cccc(C(=O)O)c1NCCC1CCCCO1. The maximum atomic E-state index is 11.2. The lowest BCUT2D eigenvalue weighted by Crippen LogP contribution is -2.22. The molecule has 0 aliphatic carbocycles. The minimum atomic E-state index is -0.889. The molecule has 1 aromatic carbocycles. The maximum Gasteiger partial charge on any atom is 0.337 e. The van der Waals surface area contributed by atoms with Crippen molar-refractivity contribution in [2.75, 3.05) is 18.5 Å². The number of carboxylic acids is 1. The standard InChI is InChI=1S/C15H21NO3/c1-11-5-4-7-13(15(17)18)14(11)16-9-8-12-6-2-3-10-19-12/h4-5,7,12,16H,2-3,6,8-10H2,1H3,(H,17,18). The number of benzene rings is 1. The van der Waals surface area contributed by atoms with Crippen LogP contribution in [0.2, 0.25) is 0 Å². The van der Waals surface area contributed by atoms with Crippen molar-refractivity contribution in [2.45, 2.75) is 38.7 Å². The molecular formula is C15H21NO3. The van der Waals surface area contributed by atoms with Gasteiger partial charge >= 0.3 is 5.97 Å². The molecule has 0 amide bonds. The molecule has 1 fully saturated rings. The highest BCUT2D eigenvalue weighted by Gasteiger charge is 2.15. The minimum absolute atomic E-state index is 0.318. The number of carbonyl (C=O) groups is 1. The summed E-state index contributed by atoms with van der Waals surface area (Å²) in [6, 6.07) is 5.33. The average molecular weight is 263 g/mol. The van der Waals surface area contributed by atoms with Crippen LogP contribution in [-0.2, 0) is 4.74 Å². The summed E-state index contributed by atoms with van der Waals surface area (Å²) in [4.78, 5) is 11.2. The summed E-state index contributed by atoms with van der Waals surface area (Å²) in [7, 11) is 0. The molecule has 2 N–H and O–H groups in total. The Kier molecular flexibility index (Phi) is 4.80. The Labute approximate surface area is 113 Å². The number of anilines is 1. The van der Waals surface area contributed by atoms with Crippen molar-refractivity contribution in [3.63, 3.8) is 0 Å². The van der Waals surface area contributed by atoms with Crippen LogP contribution in [0.3, 0.4) is 0 Å². The number of para-hydroxylation sites is 1. The van der Waals surface area contributed by atoms with E-state index >= 15 is 0 Å². The number of nitrogens with one attached hydrogen (secondary N) is 1. The molecule has 1 heterocycles. The fraction of sp³-hybridized carbons (Fsp3) is 0.533. The van der Waals surface area contributed by atoms with Crippen LogP contribution in [0.25, 0.3) is 0 Å². The highest BCUT2D eigenvalue weighted by Crippen LogP contribution is 2.21. The summed E-state index contributed by atoms with van der Waals surface area (Å²) in [5, 5.41) is 12.4. The van der Waals surface area contributed by atoms with Gasteiger partial charge < -0.3 is 15.2 Å². The molecule has 4 heteroatoms. The summed E-state index contributed by atoms with van der Waals surface area (Å²) in [5.74, 6) is -0.889. The average Bonchev–Trinajstić information content (AvgIpc) is 2.41. The smallest absolute Gasteiger partial charge is 0.337 e. The van der Waals surface area contributed by atoms with Crippen LogP contribution in [0.1, 0.15) is 41.6 Å². The monoisotopic (exact) mass is 263 g/mol. The van der Waals surface area contributed by atoms with E-state index < -0.39 is 5.97 Å². The molecule has 1 unspecified atom stereocenters. The second-order valence-corrected chi connectivity index (χ2v) is 5.01. The number of hydrogen-bond donors (Lipinski definition) is 2. The van der Waals surface area contributed by atoms with Crippen LogP contribution in [0.5, 0.6) is 0 Å². The molecule has 0 saturated carbocycles. The molecule has 1 atom stereocenters. The molecule has 1 aliphatic rings. The molecule has 0 radical (unpaired) electrons. The van der Waals surface area contributed by atoms with E-state index in [1.165, 1.54) is 6.42 Å². The van der Waals surface area contributed by atoms with Crippen LogP contribution in [0.4, 0.5) is 5.69 Å². The first kappa shape index (κ1) is 13.9. The van der Waals surface area contributed by atoms with Gasteiger partial charge in [-0.1, -0.05) is 12.1 Å². The van der Waals surface area contributed by atoms with Gasteiger partial charge in [0.1, 0.15) is 0 Å². The van der Waals surface area contributed by atoms with Crippen LogP contribution in [-0.4, -0.2) is 30.3 Å². The summed E-state index contributed by atoms with van der Waals surface area (Å²) in [6.45, 7) is 3.52. The van der Waals surface area contributed by atoms with Crippen molar-refractivity contribution in [3.8, 4) is 0 Å². The van der Waals surface area contributed by atoms with E-state index in [1.54, 1.807) is 12.1 Å². The number of aryl methyl sites for hydroxylation is 1. The van der Waals surface area contributed by atoms with Crippen LogP contribution in [0.15, 0.2) is 18.2 Å². The Morgan fingerprint density at radius 3 is 3.00 bits per heavy atom. The molecule has 0 bridgehead atoms. The number of hydrogen-bond acceptors (Lipinski definition) is 3. The lowest BCUT2D eigenvalue weighted by Gasteiger charge is -2.23. The van der Waals surface area contributed by atoms with Gasteiger partial charge in [0, 0.05) is 13.2 Å². The van der Waals surface area contributed by atoms with Crippen molar-refractivity contribution in [3.05, 3.63) is 29.3 Å². The van der Waals surface area contributed by atoms with Gasteiger partial charge in [0.25, 0.3) is 0 Å². The Morgan fingerprint density at radius 1 is 1.47 bits per heavy atom. The quantitative estimate of drug-likeness (QED) is 0.857. The van der Waals surface area contributed by atoms with E-state index in [0.29, 0.717) is 11.7 Å². The Bertz CT molecular complexity index is 439. The van der Waals surface area contributed by atoms with E-state index in [9.17, 15) is 9.90 Å². The topological polar surface area (TPSA) is 58.6 Å². The molecule has 0 aromatic heterocycles. The van der Waals surface area contributed by atoms with Gasteiger partial charge in [-0.2, -0.15) is 0 Å². The predicted molar refractivity (Wildman–Crippen MR) is 74.8 cm³/mol. The molecule has 0 spiro atoms. The number of rotatable bonds is 5. The number of carboxylic acid groups (broad SMARTS) is 1. The summed E-state index contributed by atoms with van der Waals surface area (Å²) >= 11 is 0. The molecule has 1 aromatic rings. The molecule has 2 rings (SSSR count). The van der Waals surface area contributed by atoms with Crippen molar-refractivity contribution < 1.29 is 14.6 Å². The van der Waals surface area contributed by atoms with Gasteiger partial charge in [-0.15, -0.1) is 0 Å². The number of ether oxygens (including phenoxy) is 1. The fourth-order valence-electron chi connectivity index (χ4n) is 2.47. The first-order valence-electron chi connectivity index (χ1n) is 6.87. The molecule has 4 nitrogen and oxygen atoms in total. The first-order chi connectivity index (χ1) is 9.18. The summed E-state index contributed by atoms with van der Waals surface area (Å²) < 4.78 is 5.67. The van der Waals surface area contributed by atoms with Gasteiger partial charge in [0.05, 0.1) is 17.4 Å². The van der Waals surface area contributed by atoms with E-state index in [2.05, 4.69) is 5.32 Å². The third kappa shape index (κ3) is 3.70. The highest BCUT2D eigenvalue weighted by atomic mass is 16.5. The summed E-state index contributed by atoms with van der Waals surface area (Å²) in [6.07, 6.45) is 4.74. The molecule has 19 heavy (non-hydrogen) atoms. The van der Waals surface area contributed by atoms with Gasteiger partial charge in [0.15, 0.2) is 0 Å². The van der Waals surface area contributed by atoms with Gasteiger partial charge in [-0.25, -0.2) is 4.79 Å². The Hall–Kier alpha value is -1.55. The van der Waals surface area contributed by atoms with Crippen molar-refractivity contribution >= 4 is 11.7 Å². The van der Waals surface area contributed by atoms with Crippen molar-refractivity contribution in [1.82, 2.24) is 0 Å². The van der Waals surface area contributed by atoms with E-state index in [1.807, 2.05) is 13.0 Å². The van der Waals surface area contributed by atoms with Crippen molar-refractivity contribution in [1.29, 1.82) is 0 Å². The molecular weight excluding hydrogens is 242 g/mol. The minimum Gasteiger partial charge on any atom is -0.478 e. The third-order valence-electron chi connectivity index (χ3n) is 3.55. The predicted octanol–water partition coefficient (Wildman–Crippen LogP) is 3.06. The number of aromatic carboxylic acids is 1. The lowest BCUT2D eigenvalue weighted by molar-refractivity contribution is 0.0134. The fourth-order valence-corrected chi connectivity index (χ4v) is 2.47. The maximum absolute atomic E-state index is 11.2. The second-order valence-electron chi connectivity index (χ2n) is 5.01. The van der Waals surface area contributed by atoms with Crippen LogP contribution in [0, 0.1) is 6.92 Å². The van der Waals surface area contributed by atoms with Crippen LogP contribution < -0.4 is 5.32 Å². The highest BCUT2D eigenvalue weighted by molar-refractivity contribution is 5.95. The third-order valence-corrected chi connectivity index (χ3v) is 3.55. The first-order valence-corrected chi connectivity index (χ1v) is 6.87. The zero-order chi connectivity index (χ0) is 13.7. The lowest BCUT2D eigenvalue weighted by atomic mass is 10.1. The Morgan fingerprint density at radius 2 is 2.32 bits per heavy atom. The zero-order valence-corrected chi connectivity index (χ0v) is 11.3. The molecule has 1 saturated heterocycles. The van der Waals surface area contributed by atoms with Gasteiger partial charge in [-0.3, -0.25) is 0 Å². The summed E-state index contributed by atoms with van der Waals surface area (Å²) in [5.41, 5.74) is 2.03. The van der Waals surface area contributed by atoms with Crippen molar-refractivity contribution in [2.24, 2.45) is 0 Å². The largest absolute Gasteiger partial charge is 0.478 e. The second kappa shape index (κ2) is 6.57. The van der Waals surface area contributed by atoms with E-state index in [-0.39, 0.29) is 0 Å². The normalized spacial score (nSPS) is 19.1. The van der Waals surface area contributed by atoms with Gasteiger partial charge in [-0.05, 0) is 44.2 Å².